The van der Waals surface area contributed by atoms with Gasteiger partial charge in [-0.05, 0) is 48.9 Å². The van der Waals surface area contributed by atoms with E-state index in [1.165, 1.54) is 12.1 Å². The van der Waals surface area contributed by atoms with Gasteiger partial charge in [-0.15, -0.1) is 0 Å². The first kappa shape index (κ1) is 23.5. The molecule has 1 amide bonds. The van der Waals surface area contributed by atoms with Gasteiger partial charge in [0.05, 0.1) is 31.0 Å². The molecule has 7 nitrogen and oxygen atoms in total. The van der Waals surface area contributed by atoms with E-state index in [1.807, 2.05) is 18.2 Å². The lowest BCUT2D eigenvalue weighted by atomic mass is 10.2. The van der Waals surface area contributed by atoms with Gasteiger partial charge in [0, 0.05) is 49.0 Å². The van der Waals surface area contributed by atoms with Crippen LogP contribution in [-0.2, 0) is 17.8 Å². The molecule has 1 N–H and O–H groups in total. The minimum Gasteiger partial charge on any atom is -0.379 e. The maximum absolute atomic E-state index is 13.2. The van der Waals surface area contributed by atoms with Crippen molar-refractivity contribution in [1.29, 1.82) is 0 Å². The molecular formula is C26H27ClFN5O2. The van der Waals surface area contributed by atoms with E-state index in [4.69, 9.17) is 16.3 Å². The van der Waals surface area contributed by atoms with Gasteiger partial charge in [0.2, 0.25) is 0 Å². The number of rotatable bonds is 7. The Hall–Kier alpha value is -3.20. The highest BCUT2D eigenvalue weighted by Crippen LogP contribution is 2.25. The second-order valence-corrected chi connectivity index (χ2v) is 9.08. The summed E-state index contributed by atoms with van der Waals surface area (Å²) in [6.45, 7) is 7.50. The van der Waals surface area contributed by atoms with Crippen LogP contribution >= 0.6 is 11.6 Å². The molecule has 1 aliphatic rings. The SMILES string of the molecule is Cc1nn(Cc2ccc(F)cc2)c(Cl)c1C(=O)Nc1ccc2c(ccn2CCN2CCOCC2)c1. The van der Waals surface area contributed by atoms with Gasteiger partial charge in [0.15, 0.2) is 0 Å². The highest BCUT2D eigenvalue weighted by atomic mass is 35.5. The largest absolute Gasteiger partial charge is 0.379 e. The van der Waals surface area contributed by atoms with Crippen LogP contribution in [0.4, 0.5) is 10.1 Å². The monoisotopic (exact) mass is 495 g/mol. The summed E-state index contributed by atoms with van der Waals surface area (Å²) in [4.78, 5) is 15.5. The minimum atomic E-state index is -0.316. The van der Waals surface area contributed by atoms with E-state index in [2.05, 4.69) is 32.1 Å². The molecule has 2 aromatic heterocycles. The molecule has 0 spiro atoms. The quantitative estimate of drug-likeness (QED) is 0.408. The topological polar surface area (TPSA) is 64.3 Å². The first-order chi connectivity index (χ1) is 17.0. The lowest BCUT2D eigenvalue weighted by Crippen LogP contribution is -2.38. The molecule has 0 aliphatic carbocycles. The van der Waals surface area contributed by atoms with Crippen LogP contribution in [0.1, 0.15) is 21.6 Å². The summed E-state index contributed by atoms with van der Waals surface area (Å²) in [5.41, 5.74) is 3.51. The summed E-state index contributed by atoms with van der Waals surface area (Å²) in [6, 6.07) is 14.1. The fraction of sp³-hybridized carbons (Fsp3) is 0.308. The van der Waals surface area contributed by atoms with Crippen LogP contribution in [0.5, 0.6) is 0 Å². The molecule has 2 aromatic carbocycles. The van der Waals surface area contributed by atoms with Crippen LogP contribution in [0.15, 0.2) is 54.7 Å². The fourth-order valence-corrected chi connectivity index (χ4v) is 4.74. The number of fused-ring (bicyclic) bond motifs is 1. The van der Waals surface area contributed by atoms with E-state index in [0.717, 1.165) is 55.9 Å². The number of amides is 1. The third kappa shape index (κ3) is 5.24. The number of halogens is 2. The predicted octanol–water partition coefficient (Wildman–Crippen LogP) is 4.57. The number of carbonyl (C=O) groups excluding carboxylic acids is 1. The molecule has 3 heterocycles. The van der Waals surface area contributed by atoms with Crippen molar-refractivity contribution >= 4 is 34.1 Å². The molecule has 0 bridgehead atoms. The molecule has 4 aromatic rings. The first-order valence-corrected chi connectivity index (χ1v) is 12.0. The van der Waals surface area contributed by atoms with E-state index in [0.29, 0.717) is 23.5 Å². The van der Waals surface area contributed by atoms with Gasteiger partial charge < -0.3 is 14.6 Å². The molecule has 1 fully saturated rings. The van der Waals surface area contributed by atoms with Gasteiger partial charge in [0.1, 0.15) is 11.0 Å². The molecule has 0 atom stereocenters. The third-order valence-corrected chi connectivity index (χ3v) is 6.71. The Morgan fingerprint density at radius 1 is 1.11 bits per heavy atom. The molecule has 182 valence electrons. The zero-order valence-electron chi connectivity index (χ0n) is 19.5. The molecule has 0 unspecified atom stereocenters. The van der Waals surface area contributed by atoms with Gasteiger partial charge in [-0.3, -0.25) is 9.69 Å². The van der Waals surface area contributed by atoms with E-state index >= 15 is 0 Å². The lowest BCUT2D eigenvalue weighted by Gasteiger charge is -2.26. The summed E-state index contributed by atoms with van der Waals surface area (Å²) in [5.74, 6) is -0.620. The van der Waals surface area contributed by atoms with Crippen LogP contribution in [0.3, 0.4) is 0 Å². The van der Waals surface area contributed by atoms with E-state index < -0.39 is 0 Å². The Morgan fingerprint density at radius 3 is 2.66 bits per heavy atom. The van der Waals surface area contributed by atoms with Crippen molar-refractivity contribution in [3.05, 3.63) is 82.5 Å². The van der Waals surface area contributed by atoms with Crippen LogP contribution in [-0.4, -0.2) is 58.0 Å². The maximum Gasteiger partial charge on any atom is 0.260 e. The zero-order chi connectivity index (χ0) is 24.4. The van der Waals surface area contributed by atoms with Gasteiger partial charge in [-0.2, -0.15) is 5.10 Å². The van der Waals surface area contributed by atoms with Gasteiger partial charge in [0.25, 0.3) is 5.91 Å². The predicted molar refractivity (Wildman–Crippen MR) is 135 cm³/mol. The Morgan fingerprint density at radius 2 is 1.89 bits per heavy atom. The minimum absolute atomic E-state index is 0.250. The summed E-state index contributed by atoms with van der Waals surface area (Å²) >= 11 is 6.52. The second-order valence-electron chi connectivity index (χ2n) is 8.73. The zero-order valence-corrected chi connectivity index (χ0v) is 20.3. The number of hydrogen-bond acceptors (Lipinski definition) is 4. The summed E-state index contributed by atoms with van der Waals surface area (Å²) in [7, 11) is 0. The highest BCUT2D eigenvalue weighted by molar-refractivity contribution is 6.33. The number of aryl methyl sites for hydroxylation is 1. The smallest absolute Gasteiger partial charge is 0.260 e. The number of nitrogens with zero attached hydrogens (tertiary/aromatic N) is 4. The Balaban J connectivity index is 1.28. The molecule has 35 heavy (non-hydrogen) atoms. The Labute approximate surface area is 208 Å². The second kappa shape index (κ2) is 10.2. The number of anilines is 1. The van der Waals surface area contributed by atoms with Crippen molar-refractivity contribution in [2.75, 3.05) is 38.2 Å². The van der Waals surface area contributed by atoms with Crippen LogP contribution < -0.4 is 5.32 Å². The van der Waals surface area contributed by atoms with E-state index in [9.17, 15) is 9.18 Å². The average molecular weight is 496 g/mol. The number of ether oxygens (including phenoxy) is 1. The van der Waals surface area contributed by atoms with Gasteiger partial charge >= 0.3 is 0 Å². The first-order valence-electron chi connectivity index (χ1n) is 11.7. The standard InChI is InChI=1S/C26H27ClFN5O2/c1-18-24(25(27)33(30-18)17-19-2-4-21(28)5-3-19)26(34)29-22-6-7-23-20(16-22)8-9-32(23)11-10-31-12-14-35-15-13-31/h2-9,16H,10-15,17H2,1H3,(H,29,34). The van der Waals surface area contributed by atoms with Gasteiger partial charge in [-0.1, -0.05) is 23.7 Å². The van der Waals surface area contributed by atoms with Crippen molar-refractivity contribution in [2.24, 2.45) is 0 Å². The molecule has 5 rings (SSSR count). The normalized spacial score (nSPS) is 14.5. The van der Waals surface area contributed by atoms with Crippen LogP contribution in [0.2, 0.25) is 5.15 Å². The molecule has 9 heteroatoms. The number of morpholine rings is 1. The van der Waals surface area contributed by atoms with Crippen LogP contribution in [0, 0.1) is 12.7 Å². The number of benzene rings is 2. The lowest BCUT2D eigenvalue weighted by molar-refractivity contribution is 0.0365. The summed E-state index contributed by atoms with van der Waals surface area (Å²) in [6.07, 6.45) is 2.08. The van der Waals surface area contributed by atoms with Crippen LogP contribution in [0.25, 0.3) is 10.9 Å². The number of carbonyl (C=O) groups is 1. The van der Waals surface area contributed by atoms with Gasteiger partial charge in [-0.25, -0.2) is 9.07 Å². The molecule has 1 aliphatic heterocycles. The van der Waals surface area contributed by atoms with Crippen molar-refractivity contribution in [3.8, 4) is 0 Å². The molecule has 0 radical (unpaired) electrons. The van der Waals surface area contributed by atoms with Crippen molar-refractivity contribution in [3.63, 3.8) is 0 Å². The Bertz CT molecular complexity index is 1340. The highest BCUT2D eigenvalue weighted by Gasteiger charge is 2.21. The molecule has 1 saturated heterocycles. The molecule has 0 saturated carbocycles. The number of hydrogen-bond donors (Lipinski definition) is 1. The van der Waals surface area contributed by atoms with Crippen molar-refractivity contribution in [2.45, 2.75) is 20.0 Å². The number of aromatic nitrogens is 3. The summed E-state index contributed by atoms with van der Waals surface area (Å²) in [5, 5.41) is 8.67. The maximum atomic E-state index is 13.2. The number of nitrogens with one attached hydrogen (secondary N) is 1. The Kier molecular flexibility index (Phi) is 6.86. The van der Waals surface area contributed by atoms with Crippen molar-refractivity contribution in [1.82, 2.24) is 19.2 Å². The molecular weight excluding hydrogens is 469 g/mol. The fourth-order valence-electron chi connectivity index (χ4n) is 4.42. The van der Waals surface area contributed by atoms with Crippen molar-refractivity contribution < 1.29 is 13.9 Å². The average Bonchev–Trinajstić information content (AvgIpc) is 3.39. The third-order valence-electron chi connectivity index (χ3n) is 6.33. The van der Waals surface area contributed by atoms with E-state index in [1.54, 1.807) is 23.7 Å². The van der Waals surface area contributed by atoms with E-state index in [-0.39, 0.29) is 16.9 Å². The summed E-state index contributed by atoms with van der Waals surface area (Å²) < 4.78 is 22.4.